The van der Waals surface area contributed by atoms with Crippen LogP contribution in [0.4, 0.5) is 11.4 Å². The predicted molar refractivity (Wildman–Crippen MR) is 140 cm³/mol. The number of aryl methyl sites for hydroxylation is 2. The largest absolute Gasteiger partial charge is 0.481 e. The van der Waals surface area contributed by atoms with Crippen molar-refractivity contribution in [2.45, 2.75) is 20.8 Å². The van der Waals surface area contributed by atoms with E-state index in [1.807, 2.05) is 57.2 Å². The summed E-state index contributed by atoms with van der Waals surface area (Å²) < 4.78 is 5.53. The Labute approximate surface area is 214 Å². The second kappa shape index (κ2) is 11.6. The molecule has 0 aliphatic heterocycles. The molecule has 0 bridgehead atoms. The minimum absolute atomic E-state index is 0.121. The maximum Gasteiger partial charge on any atom is 0.266 e. The maximum absolute atomic E-state index is 12.7. The molecule has 0 radical (unpaired) electrons. The molecular formula is C27H23Cl2N3O3. The molecule has 3 aromatic carbocycles. The summed E-state index contributed by atoms with van der Waals surface area (Å²) >= 11 is 12.6. The highest BCUT2D eigenvalue weighted by Crippen LogP contribution is 2.35. The standard InChI is InChI=1S/C27H23Cl2N3O3/c1-16-6-4-8-21(10-16)31-25(33)15-35-26-22(28)12-19(13-23(26)29)11-20(14-30)27(34)32-24-9-5-7-17(2)18(24)3/h4-13H,15H2,1-3H3,(H,31,33)(H,32,34)/b20-11-. The average molecular weight is 508 g/mol. The topological polar surface area (TPSA) is 91.2 Å². The van der Waals surface area contributed by atoms with Crippen LogP contribution >= 0.6 is 23.2 Å². The van der Waals surface area contributed by atoms with Crippen molar-refractivity contribution in [3.8, 4) is 11.8 Å². The molecule has 178 valence electrons. The van der Waals surface area contributed by atoms with Gasteiger partial charge in [0.15, 0.2) is 12.4 Å². The van der Waals surface area contributed by atoms with Crippen LogP contribution in [0, 0.1) is 32.1 Å². The summed E-state index contributed by atoms with van der Waals surface area (Å²) in [6.07, 6.45) is 1.38. The third-order valence-corrected chi connectivity index (χ3v) is 5.76. The van der Waals surface area contributed by atoms with Crippen LogP contribution in [0.25, 0.3) is 6.08 Å². The van der Waals surface area contributed by atoms with Crippen molar-refractivity contribution < 1.29 is 14.3 Å². The summed E-state index contributed by atoms with van der Waals surface area (Å²) in [7, 11) is 0. The number of rotatable bonds is 7. The van der Waals surface area contributed by atoms with Crippen molar-refractivity contribution in [3.63, 3.8) is 0 Å². The number of anilines is 2. The molecular weight excluding hydrogens is 485 g/mol. The van der Waals surface area contributed by atoms with Gasteiger partial charge in [0.25, 0.3) is 11.8 Å². The van der Waals surface area contributed by atoms with E-state index in [1.165, 1.54) is 18.2 Å². The monoisotopic (exact) mass is 507 g/mol. The van der Waals surface area contributed by atoms with Crippen LogP contribution in [0.5, 0.6) is 5.75 Å². The van der Waals surface area contributed by atoms with E-state index in [2.05, 4.69) is 10.6 Å². The molecule has 8 heteroatoms. The zero-order valence-electron chi connectivity index (χ0n) is 19.4. The molecule has 2 N–H and O–H groups in total. The van der Waals surface area contributed by atoms with Gasteiger partial charge in [0.05, 0.1) is 10.0 Å². The first-order valence-corrected chi connectivity index (χ1v) is 11.4. The molecule has 0 heterocycles. The number of carbonyl (C=O) groups is 2. The van der Waals surface area contributed by atoms with Gasteiger partial charge in [0.2, 0.25) is 0 Å². The third-order valence-electron chi connectivity index (χ3n) is 5.20. The van der Waals surface area contributed by atoms with E-state index in [4.69, 9.17) is 27.9 Å². The lowest BCUT2D eigenvalue weighted by Gasteiger charge is -2.12. The molecule has 6 nitrogen and oxygen atoms in total. The van der Waals surface area contributed by atoms with E-state index in [9.17, 15) is 14.9 Å². The van der Waals surface area contributed by atoms with Gasteiger partial charge >= 0.3 is 0 Å². The molecule has 3 rings (SSSR count). The first kappa shape index (κ1) is 25.8. The van der Waals surface area contributed by atoms with E-state index < -0.39 is 5.91 Å². The van der Waals surface area contributed by atoms with Crippen molar-refractivity contribution in [3.05, 3.63) is 92.5 Å². The summed E-state index contributed by atoms with van der Waals surface area (Å²) in [5.41, 5.74) is 4.54. The van der Waals surface area contributed by atoms with E-state index in [-0.39, 0.29) is 33.9 Å². The minimum Gasteiger partial charge on any atom is -0.481 e. The Morgan fingerprint density at radius 3 is 2.34 bits per heavy atom. The number of ether oxygens (including phenoxy) is 1. The Bertz CT molecular complexity index is 1340. The number of halogens is 2. The minimum atomic E-state index is -0.554. The smallest absolute Gasteiger partial charge is 0.266 e. The fraction of sp³-hybridized carbons (Fsp3) is 0.148. The Morgan fingerprint density at radius 1 is 1.00 bits per heavy atom. The van der Waals surface area contributed by atoms with Crippen molar-refractivity contribution >= 4 is 52.5 Å². The van der Waals surface area contributed by atoms with Gasteiger partial charge in [-0.15, -0.1) is 0 Å². The Kier molecular flexibility index (Phi) is 8.53. The number of benzene rings is 3. The summed E-state index contributed by atoms with van der Waals surface area (Å²) in [4.78, 5) is 24.9. The molecule has 0 saturated heterocycles. The number of amides is 2. The summed E-state index contributed by atoms with van der Waals surface area (Å²) in [5.74, 6) is -0.800. The molecule has 0 unspecified atom stereocenters. The molecule has 0 aliphatic carbocycles. The Hall–Kier alpha value is -3.79. The van der Waals surface area contributed by atoms with Gasteiger partial charge in [-0.2, -0.15) is 5.26 Å². The SMILES string of the molecule is Cc1cccc(NC(=O)COc2c(Cl)cc(/C=C(/C#N)C(=O)Nc3cccc(C)c3C)cc2Cl)c1. The Morgan fingerprint density at radius 2 is 1.69 bits per heavy atom. The van der Waals surface area contributed by atoms with Gasteiger partial charge in [-0.1, -0.05) is 47.5 Å². The van der Waals surface area contributed by atoms with Crippen LogP contribution < -0.4 is 15.4 Å². The van der Waals surface area contributed by atoms with Gasteiger partial charge in [-0.05, 0) is 79.4 Å². The molecule has 35 heavy (non-hydrogen) atoms. The van der Waals surface area contributed by atoms with Gasteiger partial charge in [-0.3, -0.25) is 9.59 Å². The maximum atomic E-state index is 12.7. The van der Waals surface area contributed by atoms with Gasteiger partial charge in [0.1, 0.15) is 11.6 Å². The lowest BCUT2D eigenvalue weighted by atomic mass is 10.1. The van der Waals surface area contributed by atoms with Crippen LogP contribution in [-0.2, 0) is 9.59 Å². The fourth-order valence-electron chi connectivity index (χ4n) is 3.25. The van der Waals surface area contributed by atoms with Gasteiger partial charge < -0.3 is 15.4 Å². The van der Waals surface area contributed by atoms with Crippen LogP contribution in [-0.4, -0.2) is 18.4 Å². The number of hydrogen-bond donors (Lipinski definition) is 2. The lowest BCUT2D eigenvalue weighted by Crippen LogP contribution is -2.20. The summed E-state index contributed by atoms with van der Waals surface area (Å²) in [6.45, 7) is 5.45. The third kappa shape index (κ3) is 6.86. The number of hydrogen-bond acceptors (Lipinski definition) is 4. The molecule has 0 atom stereocenters. The molecule has 3 aromatic rings. The molecule has 0 aliphatic rings. The zero-order valence-corrected chi connectivity index (χ0v) is 20.9. The van der Waals surface area contributed by atoms with Gasteiger partial charge in [0, 0.05) is 11.4 Å². The van der Waals surface area contributed by atoms with Crippen LogP contribution in [0.1, 0.15) is 22.3 Å². The Balaban J connectivity index is 1.71. The highest BCUT2D eigenvalue weighted by atomic mass is 35.5. The zero-order chi connectivity index (χ0) is 25.5. The normalized spacial score (nSPS) is 10.9. The van der Waals surface area contributed by atoms with E-state index in [0.717, 1.165) is 16.7 Å². The van der Waals surface area contributed by atoms with Crippen LogP contribution in [0.2, 0.25) is 10.0 Å². The van der Waals surface area contributed by atoms with Crippen LogP contribution in [0.3, 0.4) is 0 Å². The van der Waals surface area contributed by atoms with Gasteiger partial charge in [-0.25, -0.2) is 0 Å². The van der Waals surface area contributed by atoms with E-state index in [1.54, 1.807) is 12.1 Å². The van der Waals surface area contributed by atoms with Crippen molar-refractivity contribution in [1.82, 2.24) is 0 Å². The van der Waals surface area contributed by atoms with Crippen molar-refractivity contribution in [2.24, 2.45) is 0 Å². The van der Waals surface area contributed by atoms with Crippen molar-refractivity contribution in [1.29, 1.82) is 5.26 Å². The van der Waals surface area contributed by atoms with Crippen molar-refractivity contribution in [2.75, 3.05) is 17.2 Å². The summed E-state index contributed by atoms with van der Waals surface area (Å²) in [6, 6.07) is 17.8. The van der Waals surface area contributed by atoms with E-state index in [0.29, 0.717) is 16.9 Å². The molecule has 0 fully saturated rings. The van der Waals surface area contributed by atoms with E-state index >= 15 is 0 Å². The number of nitrogens with zero attached hydrogens (tertiary/aromatic N) is 1. The summed E-state index contributed by atoms with van der Waals surface area (Å²) in [5, 5.41) is 15.3. The number of carbonyl (C=O) groups excluding carboxylic acids is 2. The second-order valence-electron chi connectivity index (χ2n) is 7.89. The first-order valence-electron chi connectivity index (χ1n) is 10.7. The first-order chi connectivity index (χ1) is 16.7. The average Bonchev–Trinajstić information content (AvgIpc) is 2.80. The highest BCUT2D eigenvalue weighted by Gasteiger charge is 2.15. The quantitative estimate of drug-likeness (QED) is 0.282. The molecule has 0 aromatic heterocycles. The lowest BCUT2D eigenvalue weighted by molar-refractivity contribution is -0.118. The highest BCUT2D eigenvalue weighted by molar-refractivity contribution is 6.37. The molecule has 2 amide bonds. The molecule has 0 spiro atoms. The predicted octanol–water partition coefficient (Wildman–Crippen LogP) is 6.48. The molecule has 0 saturated carbocycles. The number of nitrogens with one attached hydrogen (secondary N) is 2. The van der Waals surface area contributed by atoms with Crippen LogP contribution in [0.15, 0.2) is 60.2 Å². The fourth-order valence-corrected chi connectivity index (χ4v) is 3.86. The number of nitriles is 1. The second-order valence-corrected chi connectivity index (χ2v) is 8.71.